The maximum atomic E-state index is 13.2. The second-order valence-corrected chi connectivity index (χ2v) is 7.47. The van der Waals surface area contributed by atoms with E-state index in [1.54, 1.807) is 23.1 Å². The molecule has 2 rings (SSSR count). The van der Waals surface area contributed by atoms with Gasteiger partial charge in [0, 0.05) is 24.2 Å². The van der Waals surface area contributed by atoms with Crippen LogP contribution in [-0.4, -0.2) is 40.3 Å². The molecule has 0 spiro atoms. The van der Waals surface area contributed by atoms with Crippen LogP contribution in [0.4, 0.5) is 5.69 Å². The summed E-state index contributed by atoms with van der Waals surface area (Å²) in [4.78, 5) is 38.4. The minimum Gasteiger partial charge on any atom is -0.352 e. The summed E-state index contributed by atoms with van der Waals surface area (Å²) in [5.41, 5.74) is 1.31. The van der Waals surface area contributed by atoms with Crippen LogP contribution >= 0.6 is 0 Å². The van der Waals surface area contributed by atoms with E-state index < -0.39 is 11.0 Å². The highest BCUT2D eigenvalue weighted by molar-refractivity contribution is 5.89. The summed E-state index contributed by atoms with van der Waals surface area (Å²) in [6, 6.07) is 15.3. The van der Waals surface area contributed by atoms with Crippen molar-refractivity contribution in [3.8, 4) is 0 Å². The van der Waals surface area contributed by atoms with Crippen molar-refractivity contribution < 1.29 is 14.5 Å². The third kappa shape index (κ3) is 6.40. The molecule has 0 aliphatic heterocycles. The van der Waals surface area contributed by atoms with Gasteiger partial charge in [0.15, 0.2) is 0 Å². The highest BCUT2D eigenvalue weighted by Gasteiger charge is 2.29. The molecule has 160 valence electrons. The van der Waals surface area contributed by atoms with E-state index in [1.165, 1.54) is 6.07 Å². The van der Waals surface area contributed by atoms with Gasteiger partial charge in [-0.1, -0.05) is 55.5 Å². The first kappa shape index (κ1) is 23.1. The van der Waals surface area contributed by atoms with E-state index in [4.69, 9.17) is 0 Å². The van der Waals surface area contributed by atoms with E-state index in [1.807, 2.05) is 51.1 Å². The van der Waals surface area contributed by atoms with Gasteiger partial charge in [0.2, 0.25) is 11.8 Å². The quantitative estimate of drug-likeness (QED) is 0.478. The minimum atomic E-state index is -0.633. The molecule has 0 fully saturated rings. The Kier molecular flexibility index (Phi) is 8.53. The molecule has 2 aromatic rings. The number of rotatable bonds is 10. The number of nitrogens with zero attached hydrogens (tertiary/aromatic N) is 2. The fraction of sp³-hybridized carbons (Fsp3) is 0.391. The molecule has 1 N–H and O–H groups in total. The van der Waals surface area contributed by atoms with Gasteiger partial charge in [-0.25, -0.2) is 0 Å². The maximum Gasteiger partial charge on any atom is 0.273 e. The molecule has 0 bridgehead atoms. The van der Waals surface area contributed by atoms with Crippen LogP contribution in [0.15, 0.2) is 54.6 Å². The van der Waals surface area contributed by atoms with Gasteiger partial charge in [-0.15, -0.1) is 0 Å². The Morgan fingerprint density at radius 2 is 1.70 bits per heavy atom. The van der Waals surface area contributed by atoms with Crippen LogP contribution < -0.4 is 5.32 Å². The van der Waals surface area contributed by atoms with Gasteiger partial charge >= 0.3 is 0 Å². The number of nitro benzene ring substituents is 1. The summed E-state index contributed by atoms with van der Waals surface area (Å²) in [7, 11) is 0. The average Bonchev–Trinajstić information content (AvgIpc) is 2.71. The molecule has 0 saturated heterocycles. The Balaban J connectivity index is 2.27. The summed E-state index contributed by atoms with van der Waals surface area (Å²) in [5.74, 6) is -0.512. The molecule has 0 aromatic heterocycles. The number of carbonyl (C=O) groups excluding carboxylic acids is 2. The van der Waals surface area contributed by atoms with Crippen molar-refractivity contribution in [3.63, 3.8) is 0 Å². The van der Waals surface area contributed by atoms with Crippen LogP contribution in [0.5, 0.6) is 0 Å². The highest BCUT2D eigenvalue weighted by Crippen LogP contribution is 2.20. The van der Waals surface area contributed by atoms with Crippen molar-refractivity contribution >= 4 is 17.5 Å². The molecule has 30 heavy (non-hydrogen) atoms. The lowest BCUT2D eigenvalue weighted by atomic mass is 10.0. The fourth-order valence-corrected chi connectivity index (χ4v) is 3.38. The minimum absolute atomic E-state index is 0.0483. The van der Waals surface area contributed by atoms with Gasteiger partial charge in [0.25, 0.3) is 5.69 Å². The molecule has 0 aliphatic rings. The average molecular weight is 412 g/mol. The molecule has 0 saturated carbocycles. The SMILES string of the molecule is CCC(C(=O)NC(C)C)N(CCc1ccccc1)C(=O)Cc1ccccc1[N+](=O)[O-]. The third-order valence-corrected chi connectivity index (χ3v) is 4.83. The molecule has 7 heteroatoms. The molecular weight excluding hydrogens is 382 g/mol. The molecule has 2 amide bonds. The lowest BCUT2D eigenvalue weighted by Gasteiger charge is -2.31. The zero-order valence-electron chi connectivity index (χ0n) is 17.7. The number of para-hydroxylation sites is 1. The first-order valence-corrected chi connectivity index (χ1v) is 10.2. The third-order valence-electron chi connectivity index (χ3n) is 4.83. The maximum absolute atomic E-state index is 13.2. The number of nitrogens with one attached hydrogen (secondary N) is 1. The Bertz CT molecular complexity index is 868. The van der Waals surface area contributed by atoms with Crippen LogP contribution in [-0.2, 0) is 22.4 Å². The molecule has 1 unspecified atom stereocenters. The van der Waals surface area contributed by atoms with Gasteiger partial charge in [-0.3, -0.25) is 19.7 Å². The van der Waals surface area contributed by atoms with Crippen molar-refractivity contribution in [3.05, 3.63) is 75.8 Å². The molecule has 0 heterocycles. The van der Waals surface area contributed by atoms with Crippen molar-refractivity contribution in [2.75, 3.05) is 6.54 Å². The first-order chi connectivity index (χ1) is 14.3. The summed E-state index contributed by atoms with van der Waals surface area (Å²) in [6.07, 6.45) is 0.919. The monoisotopic (exact) mass is 411 g/mol. The zero-order valence-corrected chi connectivity index (χ0v) is 17.7. The Morgan fingerprint density at radius 1 is 1.07 bits per heavy atom. The largest absolute Gasteiger partial charge is 0.352 e. The van der Waals surface area contributed by atoms with Crippen LogP contribution in [0, 0.1) is 10.1 Å². The summed E-state index contributed by atoms with van der Waals surface area (Å²) in [6.45, 7) is 5.95. The molecule has 0 radical (unpaired) electrons. The molecule has 1 atom stereocenters. The van der Waals surface area contributed by atoms with Gasteiger partial charge in [0.05, 0.1) is 11.3 Å². The smallest absolute Gasteiger partial charge is 0.273 e. The van der Waals surface area contributed by atoms with Gasteiger partial charge < -0.3 is 10.2 Å². The van der Waals surface area contributed by atoms with Crippen LogP contribution in [0.25, 0.3) is 0 Å². The Labute approximate surface area is 177 Å². The predicted molar refractivity (Wildman–Crippen MR) is 116 cm³/mol. The predicted octanol–water partition coefficient (Wildman–Crippen LogP) is 3.51. The second-order valence-electron chi connectivity index (χ2n) is 7.47. The normalized spacial score (nSPS) is 11.7. The van der Waals surface area contributed by atoms with Crippen LogP contribution in [0.3, 0.4) is 0 Å². The fourth-order valence-electron chi connectivity index (χ4n) is 3.38. The number of carbonyl (C=O) groups is 2. The number of hydrogen-bond donors (Lipinski definition) is 1. The van der Waals surface area contributed by atoms with E-state index in [-0.39, 0.29) is 30.0 Å². The zero-order chi connectivity index (χ0) is 22.1. The van der Waals surface area contributed by atoms with Gasteiger partial charge in [-0.05, 0) is 32.3 Å². The van der Waals surface area contributed by atoms with Crippen molar-refractivity contribution in [1.29, 1.82) is 0 Å². The Hall–Kier alpha value is -3.22. The van der Waals surface area contributed by atoms with E-state index in [9.17, 15) is 19.7 Å². The van der Waals surface area contributed by atoms with Crippen LogP contribution in [0.1, 0.15) is 38.3 Å². The number of benzene rings is 2. The lowest BCUT2D eigenvalue weighted by molar-refractivity contribution is -0.385. The topological polar surface area (TPSA) is 92.6 Å². The van der Waals surface area contributed by atoms with Crippen molar-refractivity contribution in [1.82, 2.24) is 10.2 Å². The number of nitro groups is 1. The summed E-state index contributed by atoms with van der Waals surface area (Å²) >= 11 is 0. The van der Waals surface area contributed by atoms with Gasteiger partial charge in [0.1, 0.15) is 6.04 Å². The summed E-state index contributed by atoms with van der Waals surface area (Å²) < 4.78 is 0. The van der Waals surface area contributed by atoms with Crippen LogP contribution in [0.2, 0.25) is 0 Å². The highest BCUT2D eigenvalue weighted by atomic mass is 16.6. The van der Waals surface area contributed by atoms with Crippen molar-refractivity contribution in [2.24, 2.45) is 0 Å². The van der Waals surface area contributed by atoms with Crippen molar-refractivity contribution in [2.45, 2.75) is 52.1 Å². The standard InChI is InChI=1S/C23H29N3O4/c1-4-20(23(28)24-17(2)3)25(15-14-18-10-6-5-7-11-18)22(27)16-19-12-8-9-13-21(19)26(29)30/h5-13,17,20H,4,14-16H2,1-3H3,(H,24,28). The van der Waals surface area contributed by atoms with E-state index >= 15 is 0 Å². The second kappa shape index (κ2) is 11.1. The van der Waals surface area contributed by atoms with Gasteiger partial charge in [-0.2, -0.15) is 0 Å². The number of amides is 2. The first-order valence-electron chi connectivity index (χ1n) is 10.2. The molecule has 2 aromatic carbocycles. The molecular formula is C23H29N3O4. The summed E-state index contributed by atoms with van der Waals surface area (Å²) in [5, 5.41) is 14.2. The molecule has 7 nitrogen and oxygen atoms in total. The van der Waals surface area contributed by atoms with E-state index in [0.29, 0.717) is 24.9 Å². The molecule has 0 aliphatic carbocycles. The lowest BCUT2D eigenvalue weighted by Crippen LogP contribution is -2.51. The van der Waals surface area contributed by atoms with E-state index in [2.05, 4.69) is 5.32 Å². The van der Waals surface area contributed by atoms with E-state index in [0.717, 1.165) is 5.56 Å². The Morgan fingerprint density at radius 3 is 2.30 bits per heavy atom. The number of hydrogen-bond acceptors (Lipinski definition) is 4.